The van der Waals surface area contributed by atoms with Gasteiger partial charge in [0.25, 0.3) is 0 Å². The molecule has 3 nitrogen and oxygen atoms in total. The second kappa shape index (κ2) is 4.61. The predicted octanol–water partition coefficient (Wildman–Crippen LogP) is 2.68. The van der Waals surface area contributed by atoms with Crippen molar-refractivity contribution in [3.63, 3.8) is 0 Å². The third kappa shape index (κ3) is 2.03. The Morgan fingerprint density at radius 3 is 2.81 bits per heavy atom. The first kappa shape index (κ1) is 11.7. The highest BCUT2D eigenvalue weighted by Gasteiger charge is 2.12. The maximum absolute atomic E-state index is 5.65. The topological polar surface area (TPSA) is 42.1 Å². The van der Waals surface area contributed by atoms with Crippen molar-refractivity contribution in [1.29, 1.82) is 0 Å². The molecule has 0 saturated carbocycles. The van der Waals surface area contributed by atoms with Crippen molar-refractivity contribution in [1.82, 2.24) is 4.98 Å². The Balaban J connectivity index is 2.67. The van der Waals surface area contributed by atoms with E-state index >= 15 is 0 Å². The maximum atomic E-state index is 5.65. The van der Waals surface area contributed by atoms with E-state index in [0.29, 0.717) is 5.88 Å². The van der Waals surface area contributed by atoms with Gasteiger partial charge in [0.15, 0.2) is 0 Å². The van der Waals surface area contributed by atoms with Crippen molar-refractivity contribution in [2.24, 2.45) is 5.73 Å². The predicted molar refractivity (Wildman–Crippen MR) is 73.6 cm³/mol. The number of nitrogens with two attached hydrogens (primary N) is 1. The molecule has 86 valence electrons. The Labute approximate surface area is 104 Å². The van der Waals surface area contributed by atoms with E-state index in [0.717, 1.165) is 10.5 Å². The molecule has 0 spiro atoms. The molecule has 16 heavy (non-hydrogen) atoms. The molecule has 0 bridgehead atoms. The zero-order chi connectivity index (χ0) is 11.7. The van der Waals surface area contributed by atoms with Crippen molar-refractivity contribution >= 4 is 39.0 Å². The van der Waals surface area contributed by atoms with Crippen molar-refractivity contribution < 1.29 is 0 Å². The van der Waals surface area contributed by atoms with E-state index in [1.165, 1.54) is 15.3 Å². The molecule has 1 aromatic heterocycles. The van der Waals surface area contributed by atoms with Crippen LogP contribution in [0.5, 0.6) is 0 Å². The first-order valence-electron chi connectivity index (χ1n) is 5.04. The van der Waals surface area contributed by atoms with E-state index < -0.39 is 0 Å². The fraction of sp³-hybridized carbons (Fsp3) is 0.364. The Bertz CT molecular complexity index is 505. The van der Waals surface area contributed by atoms with Gasteiger partial charge < -0.3 is 10.6 Å². The van der Waals surface area contributed by atoms with E-state index in [9.17, 15) is 0 Å². The van der Waals surface area contributed by atoms with Crippen LogP contribution in [-0.4, -0.2) is 25.0 Å². The molecule has 0 fully saturated rings. The minimum atomic E-state index is 0.580. The van der Waals surface area contributed by atoms with Crippen molar-refractivity contribution in [3.05, 3.63) is 17.1 Å². The molecule has 0 aliphatic heterocycles. The summed E-state index contributed by atoms with van der Waals surface area (Å²) in [5, 5.41) is 1.10. The zero-order valence-corrected chi connectivity index (χ0v) is 11.3. The average molecular weight is 253 g/mol. The SMILES string of the molecule is Cc1nc2c(SCN)c(N(C)C)ccc2s1. The van der Waals surface area contributed by atoms with E-state index in [2.05, 4.69) is 22.0 Å². The van der Waals surface area contributed by atoms with Gasteiger partial charge in [-0.05, 0) is 19.1 Å². The van der Waals surface area contributed by atoms with Crippen LogP contribution in [-0.2, 0) is 0 Å². The third-order valence-corrected chi connectivity index (χ3v) is 4.10. The molecule has 5 heteroatoms. The van der Waals surface area contributed by atoms with Crippen LogP contribution in [0.25, 0.3) is 10.2 Å². The molecule has 0 saturated heterocycles. The lowest BCUT2D eigenvalue weighted by Gasteiger charge is -2.16. The quantitative estimate of drug-likeness (QED) is 0.674. The minimum absolute atomic E-state index is 0.580. The lowest BCUT2D eigenvalue weighted by Crippen LogP contribution is -2.10. The van der Waals surface area contributed by atoms with Crippen molar-refractivity contribution in [3.8, 4) is 0 Å². The summed E-state index contributed by atoms with van der Waals surface area (Å²) in [4.78, 5) is 7.88. The number of aryl methyl sites for hydroxylation is 1. The number of thiazole rings is 1. The first-order valence-corrected chi connectivity index (χ1v) is 6.84. The van der Waals surface area contributed by atoms with Gasteiger partial charge in [0.05, 0.1) is 25.8 Å². The highest BCUT2D eigenvalue weighted by molar-refractivity contribution is 7.99. The highest BCUT2D eigenvalue weighted by Crippen LogP contribution is 2.37. The molecule has 0 aliphatic rings. The van der Waals surface area contributed by atoms with E-state index in [1.807, 2.05) is 21.0 Å². The molecule has 0 atom stereocenters. The maximum Gasteiger partial charge on any atom is 0.0972 e. The van der Waals surface area contributed by atoms with Crippen LogP contribution in [0.4, 0.5) is 5.69 Å². The standard InChI is InChI=1S/C11H15N3S2/c1-7-13-10-9(16-7)5-4-8(14(2)3)11(10)15-6-12/h4-5H,6,12H2,1-3H3. The summed E-state index contributed by atoms with van der Waals surface area (Å²) in [6, 6.07) is 4.27. The minimum Gasteiger partial charge on any atom is -0.377 e. The smallest absolute Gasteiger partial charge is 0.0972 e. The fourth-order valence-corrected chi connectivity index (χ4v) is 3.41. The molecule has 2 aromatic rings. The average Bonchev–Trinajstić information content (AvgIpc) is 2.59. The lowest BCUT2D eigenvalue weighted by molar-refractivity contribution is 1.10. The molecule has 1 heterocycles. The molecular formula is C11H15N3S2. The third-order valence-electron chi connectivity index (χ3n) is 2.31. The summed E-state index contributed by atoms with van der Waals surface area (Å²) in [6.07, 6.45) is 0. The van der Waals surface area contributed by atoms with Gasteiger partial charge in [-0.15, -0.1) is 23.1 Å². The van der Waals surface area contributed by atoms with Gasteiger partial charge in [-0.2, -0.15) is 0 Å². The van der Waals surface area contributed by atoms with Crippen LogP contribution in [0, 0.1) is 6.92 Å². The van der Waals surface area contributed by atoms with E-state index in [1.54, 1.807) is 23.1 Å². The summed E-state index contributed by atoms with van der Waals surface area (Å²) in [6.45, 7) is 2.04. The summed E-state index contributed by atoms with van der Waals surface area (Å²) >= 11 is 3.38. The molecular weight excluding hydrogens is 238 g/mol. The van der Waals surface area contributed by atoms with Crippen molar-refractivity contribution in [2.45, 2.75) is 11.8 Å². The van der Waals surface area contributed by atoms with Gasteiger partial charge in [0.1, 0.15) is 0 Å². The summed E-state index contributed by atoms with van der Waals surface area (Å²) in [5.41, 5.74) is 7.92. The molecule has 0 aliphatic carbocycles. The van der Waals surface area contributed by atoms with Gasteiger partial charge >= 0.3 is 0 Å². The fourth-order valence-electron chi connectivity index (χ4n) is 1.65. The number of aromatic nitrogens is 1. The first-order chi connectivity index (χ1) is 7.63. The molecule has 0 unspecified atom stereocenters. The number of rotatable bonds is 3. The van der Waals surface area contributed by atoms with Crippen LogP contribution in [0.3, 0.4) is 0 Å². The molecule has 2 N–H and O–H groups in total. The molecule has 2 rings (SSSR count). The molecule has 0 amide bonds. The van der Waals surface area contributed by atoms with Gasteiger partial charge in [-0.3, -0.25) is 0 Å². The lowest BCUT2D eigenvalue weighted by atomic mass is 10.3. The van der Waals surface area contributed by atoms with E-state index in [4.69, 9.17) is 5.73 Å². The van der Waals surface area contributed by atoms with Crippen LogP contribution in [0.15, 0.2) is 17.0 Å². The van der Waals surface area contributed by atoms with Crippen LogP contribution >= 0.6 is 23.1 Å². The zero-order valence-electron chi connectivity index (χ0n) is 9.65. The molecule has 0 radical (unpaired) electrons. The van der Waals surface area contributed by atoms with Gasteiger partial charge in [-0.1, -0.05) is 0 Å². The highest BCUT2D eigenvalue weighted by atomic mass is 32.2. The number of nitrogens with zero attached hydrogens (tertiary/aromatic N) is 2. The van der Waals surface area contributed by atoms with Gasteiger partial charge in [0.2, 0.25) is 0 Å². The number of hydrogen-bond donors (Lipinski definition) is 1. The summed E-state index contributed by atoms with van der Waals surface area (Å²) in [5.74, 6) is 0.580. The second-order valence-corrected chi connectivity index (χ2v) is 5.96. The van der Waals surface area contributed by atoms with Gasteiger partial charge in [0, 0.05) is 20.0 Å². The Hall–Kier alpha value is -0.780. The normalized spacial score (nSPS) is 11.0. The van der Waals surface area contributed by atoms with Crippen LogP contribution in [0.2, 0.25) is 0 Å². The number of hydrogen-bond acceptors (Lipinski definition) is 5. The second-order valence-electron chi connectivity index (χ2n) is 3.70. The summed E-state index contributed by atoms with van der Waals surface area (Å²) < 4.78 is 1.24. The van der Waals surface area contributed by atoms with E-state index in [-0.39, 0.29) is 0 Å². The van der Waals surface area contributed by atoms with Crippen molar-refractivity contribution in [2.75, 3.05) is 24.9 Å². The largest absolute Gasteiger partial charge is 0.377 e. The Morgan fingerprint density at radius 1 is 1.44 bits per heavy atom. The number of fused-ring (bicyclic) bond motifs is 1. The number of benzene rings is 1. The monoisotopic (exact) mass is 253 g/mol. The van der Waals surface area contributed by atoms with Gasteiger partial charge in [-0.25, -0.2) is 4.98 Å². The van der Waals surface area contributed by atoms with Crippen LogP contribution in [0.1, 0.15) is 5.01 Å². The Kier molecular flexibility index (Phi) is 3.37. The van der Waals surface area contributed by atoms with Crippen LogP contribution < -0.4 is 10.6 Å². The summed E-state index contributed by atoms with van der Waals surface area (Å²) in [7, 11) is 4.09. The Morgan fingerprint density at radius 2 is 2.19 bits per heavy atom. The molecule has 1 aromatic carbocycles. The number of thioether (sulfide) groups is 1. The number of anilines is 1.